The Morgan fingerprint density at radius 3 is 2.61 bits per heavy atom. The number of aromatic nitrogens is 1. The zero-order chi connectivity index (χ0) is 17.0. The van der Waals surface area contributed by atoms with Gasteiger partial charge in [0.1, 0.15) is 0 Å². The van der Waals surface area contributed by atoms with Crippen molar-refractivity contribution in [2.75, 3.05) is 24.7 Å². The molecule has 2 heterocycles. The Bertz CT molecular complexity index is 588. The number of anilines is 1. The third-order valence-corrected chi connectivity index (χ3v) is 3.22. The maximum absolute atomic E-state index is 12.4. The number of nitrogens with zero attached hydrogens (tertiary/aromatic N) is 3. The highest BCUT2D eigenvalue weighted by atomic mass is 16.7. The van der Waals surface area contributed by atoms with Crippen molar-refractivity contribution in [3.05, 3.63) is 22.2 Å². The molecule has 23 heavy (non-hydrogen) atoms. The van der Waals surface area contributed by atoms with Crippen LogP contribution in [0.15, 0.2) is 12.1 Å². The first kappa shape index (κ1) is 17.1. The lowest BCUT2D eigenvalue weighted by Crippen LogP contribution is -2.49. The smallest absolute Gasteiger partial charge is 0.366 e. The molecule has 1 aliphatic heterocycles. The number of ether oxygens (including phenoxy) is 3. The molecule has 0 spiro atoms. The van der Waals surface area contributed by atoms with E-state index < -0.39 is 17.3 Å². The van der Waals surface area contributed by atoms with E-state index in [0.29, 0.717) is 19.0 Å². The van der Waals surface area contributed by atoms with Crippen LogP contribution in [0.4, 0.5) is 11.6 Å². The fourth-order valence-electron chi connectivity index (χ4n) is 2.23. The molecule has 9 nitrogen and oxygen atoms in total. The summed E-state index contributed by atoms with van der Waals surface area (Å²) in [4.78, 5) is 27.9. The van der Waals surface area contributed by atoms with E-state index in [9.17, 15) is 14.9 Å². The predicted molar refractivity (Wildman–Crippen MR) is 80.4 cm³/mol. The standard InChI is InChI=1S/C14H19N3O6/c1-4-21-12(22-5-2)8-16-13-10(23-9(3)14(16)18)6-7-11(15-13)17(19)20/h6-7,9,12H,4-5,8H2,1-3H3. The summed E-state index contributed by atoms with van der Waals surface area (Å²) in [5.74, 6) is -0.292. The molecule has 1 atom stereocenters. The van der Waals surface area contributed by atoms with Crippen LogP contribution in [0, 0.1) is 10.1 Å². The number of hydrogen-bond donors (Lipinski definition) is 0. The van der Waals surface area contributed by atoms with Gasteiger partial charge in [-0.25, -0.2) is 0 Å². The largest absolute Gasteiger partial charge is 0.475 e. The van der Waals surface area contributed by atoms with E-state index in [4.69, 9.17) is 14.2 Å². The zero-order valence-electron chi connectivity index (χ0n) is 13.2. The van der Waals surface area contributed by atoms with Crippen molar-refractivity contribution in [1.82, 2.24) is 4.98 Å². The van der Waals surface area contributed by atoms with E-state index in [1.807, 2.05) is 13.8 Å². The van der Waals surface area contributed by atoms with Gasteiger partial charge in [0.25, 0.3) is 11.7 Å². The van der Waals surface area contributed by atoms with Gasteiger partial charge in [-0.05, 0) is 36.7 Å². The molecular weight excluding hydrogens is 306 g/mol. The maximum Gasteiger partial charge on any atom is 0.366 e. The van der Waals surface area contributed by atoms with E-state index in [-0.39, 0.29) is 24.1 Å². The van der Waals surface area contributed by atoms with Crippen LogP contribution in [0.5, 0.6) is 5.75 Å². The van der Waals surface area contributed by atoms with Crippen LogP contribution in [0.2, 0.25) is 0 Å². The average molecular weight is 325 g/mol. The molecule has 0 aliphatic carbocycles. The highest BCUT2D eigenvalue weighted by Crippen LogP contribution is 2.34. The zero-order valence-corrected chi connectivity index (χ0v) is 13.2. The molecule has 0 aromatic carbocycles. The molecule has 2 rings (SSSR count). The van der Waals surface area contributed by atoms with Gasteiger partial charge in [-0.2, -0.15) is 0 Å². The van der Waals surface area contributed by atoms with Gasteiger partial charge < -0.3 is 24.3 Å². The van der Waals surface area contributed by atoms with Crippen LogP contribution in [0.25, 0.3) is 0 Å². The Kier molecular flexibility index (Phi) is 5.45. The Hall–Kier alpha value is -2.26. The summed E-state index contributed by atoms with van der Waals surface area (Å²) in [5, 5.41) is 10.9. The molecule has 1 aliphatic rings. The average Bonchev–Trinajstić information content (AvgIpc) is 2.51. The minimum Gasteiger partial charge on any atom is -0.475 e. The normalized spacial score (nSPS) is 17.1. The molecule has 9 heteroatoms. The van der Waals surface area contributed by atoms with Crippen LogP contribution < -0.4 is 9.64 Å². The number of carbonyl (C=O) groups is 1. The number of nitro groups is 1. The summed E-state index contributed by atoms with van der Waals surface area (Å²) in [6.07, 6.45) is -1.36. The number of rotatable bonds is 7. The molecule has 126 valence electrons. The Balaban J connectivity index is 2.35. The molecule has 0 saturated heterocycles. The third kappa shape index (κ3) is 3.74. The highest BCUT2D eigenvalue weighted by molar-refractivity contribution is 5.98. The molecule has 0 saturated carbocycles. The van der Waals surface area contributed by atoms with Crippen molar-refractivity contribution in [3.63, 3.8) is 0 Å². The summed E-state index contributed by atoms with van der Waals surface area (Å²) in [6.45, 7) is 6.13. The summed E-state index contributed by atoms with van der Waals surface area (Å²) in [6, 6.07) is 2.68. The number of fused-ring (bicyclic) bond motifs is 1. The van der Waals surface area contributed by atoms with Gasteiger partial charge in [0.2, 0.25) is 0 Å². The van der Waals surface area contributed by atoms with Crippen molar-refractivity contribution >= 4 is 17.5 Å². The van der Waals surface area contributed by atoms with E-state index in [2.05, 4.69) is 4.98 Å². The van der Waals surface area contributed by atoms with Crippen LogP contribution in [-0.2, 0) is 14.3 Å². The lowest BCUT2D eigenvalue weighted by atomic mass is 10.2. The van der Waals surface area contributed by atoms with E-state index in [1.54, 1.807) is 6.92 Å². The van der Waals surface area contributed by atoms with Gasteiger partial charge >= 0.3 is 5.82 Å². The maximum atomic E-state index is 12.4. The van der Waals surface area contributed by atoms with E-state index in [1.165, 1.54) is 17.0 Å². The Morgan fingerprint density at radius 1 is 1.39 bits per heavy atom. The van der Waals surface area contributed by atoms with E-state index >= 15 is 0 Å². The number of carbonyl (C=O) groups excluding carboxylic acids is 1. The molecule has 1 unspecified atom stereocenters. The van der Waals surface area contributed by atoms with Crippen molar-refractivity contribution in [3.8, 4) is 5.75 Å². The summed E-state index contributed by atoms with van der Waals surface area (Å²) in [5.41, 5.74) is 0. The molecule has 1 aromatic rings. The molecule has 1 amide bonds. The van der Waals surface area contributed by atoms with Crippen molar-refractivity contribution in [1.29, 1.82) is 0 Å². The molecule has 0 N–H and O–H groups in total. The highest BCUT2D eigenvalue weighted by Gasteiger charge is 2.38. The lowest BCUT2D eigenvalue weighted by molar-refractivity contribution is -0.389. The van der Waals surface area contributed by atoms with Gasteiger partial charge in [0.05, 0.1) is 6.54 Å². The first-order valence-corrected chi connectivity index (χ1v) is 7.34. The SMILES string of the molecule is CCOC(CN1C(=O)C(C)Oc2ccc([N+](=O)[O-])nc21)OCC. The Labute approximate surface area is 133 Å². The number of amides is 1. The third-order valence-electron chi connectivity index (χ3n) is 3.22. The second kappa shape index (κ2) is 7.34. The minimum atomic E-state index is -0.713. The first-order chi connectivity index (χ1) is 11.0. The van der Waals surface area contributed by atoms with Gasteiger partial charge in [0.15, 0.2) is 18.1 Å². The van der Waals surface area contributed by atoms with Crippen molar-refractivity contribution < 1.29 is 23.9 Å². The van der Waals surface area contributed by atoms with Crippen LogP contribution in [-0.4, -0.2) is 48.0 Å². The fraction of sp³-hybridized carbons (Fsp3) is 0.571. The fourth-order valence-corrected chi connectivity index (χ4v) is 2.23. The summed E-state index contributed by atoms with van der Waals surface area (Å²) in [7, 11) is 0. The van der Waals surface area contributed by atoms with Gasteiger partial charge in [-0.1, -0.05) is 0 Å². The topological polar surface area (TPSA) is 104 Å². The molecule has 1 aromatic heterocycles. The summed E-state index contributed by atoms with van der Waals surface area (Å²) < 4.78 is 16.3. The van der Waals surface area contributed by atoms with Gasteiger partial charge in [-0.15, -0.1) is 0 Å². The van der Waals surface area contributed by atoms with Gasteiger partial charge in [0, 0.05) is 19.3 Å². The molecule has 0 fully saturated rings. The molecule has 0 radical (unpaired) electrons. The second-order valence-electron chi connectivity index (χ2n) is 4.80. The molecule has 0 bridgehead atoms. The van der Waals surface area contributed by atoms with Gasteiger partial charge in [-0.3, -0.25) is 9.69 Å². The van der Waals surface area contributed by atoms with Crippen LogP contribution in [0.3, 0.4) is 0 Å². The van der Waals surface area contributed by atoms with Crippen LogP contribution in [0.1, 0.15) is 20.8 Å². The predicted octanol–water partition coefficient (Wildman–Crippen LogP) is 1.50. The van der Waals surface area contributed by atoms with Crippen LogP contribution >= 0.6 is 0 Å². The van der Waals surface area contributed by atoms with Crippen molar-refractivity contribution in [2.45, 2.75) is 33.2 Å². The van der Waals surface area contributed by atoms with Crippen molar-refractivity contribution in [2.24, 2.45) is 0 Å². The monoisotopic (exact) mass is 325 g/mol. The minimum absolute atomic E-state index is 0.0788. The summed E-state index contributed by atoms with van der Waals surface area (Å²) >= 11 is 0. The number of hydrogen-bond acceptors (Lipinski definition) is 7. The lowest BCUT2D eigenvalue weighted by Gasteiger charge is -2.31. The first-order valence-electron chi connectivity index (χ1n) is 7.34. The van der Waals surface area contributed by atoms with E-state index in [0.717, 1.165) is 0 Å². The Morgan fingerprint density at radius 2 is 2.04 bits per heavy atom. The molecular formula is C14H19N3O6. The number of pyridine rings is 1. The quantitative estimate of drug-likeness (QED) is 0.425. The second-order valence-corrected chi connectivity index (χ2v) is 4.80.